The van der Waals surface area contributed by atoms with Crippen LogP contribution in [0, 0.1) is 0 Å². The summed E-state index contributed by atoms with van der Waals surface area (Å²) in [6.07, 6.45) is 1.16. The summed E-state index contributed by atoms with van der Waals surface area (Å²) in [7, 11) is 0. The average molecular weight is 312 g/mol. The topological polar surface area (TPSA) is 49.8 Å². The average Bonchev–Trinajstić information content (AvgIpc) is 2.40. The molecule has 5 heteroatoms. The van der Waals surface area contributed by atoms with Gasteiger partial charge in [-0.25, -0.2) is 4.79 Å². The molecular weight excluding hydrogens is 298 g/mol. The van der Waals surface area contributed by atoms with Gasteiger partial charge in [0, 0.05) is 17.2 Å². The number of carbonyl (C=O) groups excluding carboxylic acids is 1. The van der Waals surface area contributed by atoms with Crippen molar-refractivity contribution in [1.29, 1.82) is 0 Å². The molecular formula is C13H14BrNO3. The van der Waals surface area contributed by atoms with Gasteiger partial charge in [-0.05, 0) is 12.0 Å². The van der Waals surface area contributed by atoms with Crippen molar-refractivity contribution in [2.75, 3.05) is 6.54 Å². The Bertz CT molecular complexity index is 447. The van der Waals surface area contributed by atoms with Crippen LogP contribution in [0.15, 0.2) is 41.0 Å². The van der Waals surface area contributed by atoms with Gasteiger partial charge in [0.05, 0.1) is 6.10 Å². The molecule has 2 rings (SSSR count). The maximum atomic E-state index is 11.8. The summed E-state index contributed by atoms with van der Waals surface area (Å²) in [4.78, 5) is 13.2. The molecule has 1 N–H and O–H groups in total. The van der Waals surface area contributed by atoms with E-state index < -0.39 is 12.2 Å². The van der Waals surface area contributed by atoms with Gasteiger partial charge in [-0.15, -0.1) is 0 Å². The summed E-state index contributed by atoms with van der Waals surface area (Å²) < 4.78 is 5.79. The van der Waals surface area contributed by atoms with Crippen molar-refractivity contribution in [3.8, 4) is 0 Å². The van der Waals surface area contributed by atoms with E-state index in [-0.39, 0.29) is 6.61 Å². The lowest BCUT2D eigenvalue weighted by molar-refractivity contribution is 0.0999. The van der Waals surface area contributed by atoms with Gasteiger partial charge in [0.2, 0.25) is 0 Å². The smallest absolute Gasteiger partial charge is 0.414 e. The molecule has 1 aliphatic heterocycles. The highest BCUT2D eigenvalue weighted by Gasteiger charge is 2.22. The Labute approximate surface area is 114 Å². The Kier molecular flexibility index (Phi) is 4.38. The summed E-state index contributed by atoms with van der Waals surface area (Å²) in [6, 6.07) is 9.52. The number of nitrogens with zero attached hydrogens (tertiary/aromatic N) is 1. The molecule has 0 bridgehead atoms. The molecule has 0 spiro atoms. The Hall–Kier alpha value is -1.33. The summed E-state index contributed by atoms with van der Waals surface area (Å²) in [5, 5.41) is 9.49. The maximum Gasteiger partial charge on any atom is 0.414 e. The molecule has 0 radical (unpaired) electrons. The molecule has 1 amide bonds. The molecule has 1 aromatic carbocycles. The first kappa shape index (κ1) is 13.1. The fraction of sp³-hybridized carbons (Fsp3) is 0.308. The van der Waals surface area contributed by atoms with Crippen LogP contribution in [0.5, 0.6) is 0 Å². The normalized spacial score (nSPS) is 19.3. The molecule has 0 saturated heterocycles. The highest BCUT2D eigenvalue weighted by atomic mass is 79.9. The number of rotatable bonds is 2. The molecule has 0 saturated carbocycles. The van der Waals surface area contributed by atoms with E-state index in [9.17, 15) is 9.90 Å². The second kappa shape index (κ2) is 6.02. The zero-order valence-electron chi connectivity index (χ0n) is 9.75. The van der Waals surface area contributed by atoms with Gasteiger partial charge in [-0.2, -0.15) is 0 Å². The molecule has 0 fully saturated rings. The molecule has 1 heterocycles. The van der Waals surface area contributed by atoms with Crippen LogP contribution in [0.4, 0.5) is 4.79 Å². The predicted molar refractivity (Wildman–Crippen MR) is 71.0 cm³/mol. The number of ether oxygens (including phenoxy) is 1. The fourth-order valence-corrected chi connectivity index (χ4v) is 2.12. The number of aliphatic hydroxyl groups excluding tert-OH is 1. The lowest BCUT2D eigenvalue weighted by Gasteiger charge is -2.25. The third-order valence-corrected chi connectivity index (χ3v) is 3.41. The number of hydrogen-bond acceptors (Lipinski definition) is 3. The van der Waals surface area contributed by atoms with Crippen LogP contribution in [0.25, 0.3) is 0 Å². The van der Waals surface area contributed by atoms with Crippen molar-refractivity contribution < 1.29 is 14.6 Å². The standard InChI is InChI=1S/C13H14BrNO3/c14-11-8-15(7-6-12(11)16)13(17)18-9-10-4-2-1-3-5-10/h1-5,8,12,16H,6-7,9H2/t12-/m1/s1. The van der Waals surface area contributed by atoms with E-state index in [1.807, 2.05) is 30.3 Å². The molecule has 0 aromatic heterocycles. The largest absolute Gasteiger partial charge is 0.444 e. The number of carbonyl (C=O) groups is 1. The predicted octanol–water partition coefficient (Wildman–Crippen LogP) is 2.63. The molecule has 18 heavy (non-hydrogen) atoms. The first-order chi connectivity index (χ1) is 8.66. The van der Waals surface area contributed by atoms with Crippen molar-refractivity contribution in [2.24, 2.45) is 0 Å². The van der Waals surface area contributed by atoms with Crippen molar-refractivity contribution in [2.45, 2.75) is 19.1 Å². The monoisotopic (exact) mass is 311 g/mol. The van der Waals surface area contributed by atoms with Crippen LogP contribution < -0.4 is 0 Å². The molecule has 1 aliphatic rings. The number of hydrogen-bond donors (Lipinski definition) is 1. The molecule has 1 atom stereocenters. The van der Waals surface area contributed by atoms with Crippen LogP contribution >= 0.6 is 15.9 Å². The maximum absolute atomic E-state index is 11.8. The van der Waals surface area contributed by atoms with E-state index in [0.29, 0.717) is 17.4 Å². The van der Waals surface area contributed by atoms with Crippen molar-refractivity contribution in [3.63, 3.8) is 0 Å². The molecule has 4 nitrogen and oxygen atoms in total. The Balaban J connectivity index is 1.89. The highest BCUT2D eigenvalue weighted by Crippen LogP contribution is 2.21. The summed E-state index contributed by atoms with van der Waals surface area (Å²) in [5.41, 5.74) is 0.950. The van der Waals surface area contributed by atoms with Gasteiger partial charge >= 0.3 is 6.09 Å². The molecule has 0 unspecified atom stereocenters. The van der Waals surface area contributed by atoms with Crippen LogP contribution in [0.3, 0.4) is 0 Å². The minimum Gasteiger partial charge on any atom is -0.444 e. The third kappa shape index (κ3) is 3.34. The van der Waals surface area contributed by atoms with Crippen LogP contribution in [0.1, 0.15) is 12.0 Å². The lowest BCUT2D eigenvalue weighted by Crippen LogP contribution is -2.33. The number of halogens is 1. The van der Waals surface area contributed by atoms with Gasteiger partial charge in [-0.3, -0.25) is 4.90 Å². The second-order valence-corrected chi connectivity index (χ2v) is 4.97. The van der Waals surface area contributed by atoms with E-state index in [0.717, 1.165) is 5.56 Å². The Morgan fingerprint density at radius 2 is 2.17 bits per heavy atom. The van der Waals surface area contributed by atoms with Gasteiger partial charge in [-0.1, -0.05) is 46.3 Å². The lowest BCUT2D eigenvalue weighted by atomic mass is 10.2. The second-order valence-electron chi connectivity index (χ2n) is 4.05. The van der Waals surface area contributed by atoms with E-state index in [4.69, 9.17) is 4.74 Å². The van der Waals surface area contributed by atoms with E-state index in [1.54, 1.807) is 6.20 Å². The van der Waals surface area contributed by atoms with Gasteiger partial charge in [0.1, 0.15) is 6.61 Å². The zero-order chi connectivity index (χ0) is 13.0. The number of aliphatic hydroxyl groups is 1. The zero-order valence-corrected chi connectivity index (χ0v) is 11.3. The van der Waals surface area contributed by atoms with Crippen molar-refractivity contribution >= 4 is 22.0 Å². The first-order valence-electron chi connectivity index (χ1n) is 5.69. The van der Waals surface area contributed by atoms with E-state index in [2.05, 4.69) is 15.9 Å². The van der Waals surface area contributed by atoms with Gasteiger partial charge in [0.15, 0.2) is 0 Å². The highest BCUT2D eigenvalue weighted by molar-refractivity contribution is 9.11. The van der Waals surface area contributed by atoms with E-state index >= 15 is 0 Å². The first-order valence-corrected chi connectivity index (χ1v) is 6.48. The van der Waals surface area contributed by atoms with Crippen LogP contribution in [-0.2, 0) is 11.3 Å². The summed E-state index contributed by atoms with van der Waals surface area (Å²) in [5.74, 6) is 0. The SMILES string of the molecule is O=C(OCc1ccccc1)N1C=C(Br)[C@H](O)CC1. The van der Waals surface area contributed by atoms with Crippen LogP contribution in [0.2, 0.25) is 0 Å². The third-order valence-electron chi connectivity index (χ3n) is 2.68. The van der Waals surface area contributed by atoms with Crippen molar-refractivity contribution in [1.82, 2.24) is 4.90 Å². The minimum absolute atomic E-state index is 0.254. The molecule has 0 aliphatic carbocycles. The van der Waals surface area contributed by atoms with Gasteiger partial charge in [0.25, 0.3) is 0 Å². The minimum atomic E-state index is -0.525. The van der Waals surface area contributed by atoms with E-state index in [1.165, 1.54) is 4.90 Å². The van der Waals surface area contributed by atoms with Crippen LogP contribution in [-0.4, -0.2) is 28.7 Å². The summed E-state index contributed by atoms with van der Waals surface area (Å²) >= 11 is 3.22. The number of benzene rings is 1. The van der Waals surface area contributed by atoms with Gasteiger partial charge < -0.3 is 9.84 Å². The Morgan fingerprint density at radius 1 is 1.44 bits per heavy atom. The Morgan fingerprint density at radius 3 is 2.83 bits per heavy atom. The molecule has 1 aromatic rings. The number of amides is 1. The molecule has 96 valence electrons. The van der Waals surface area contributed by atoms with Crippen molar-refractivity contribution in [3.05, 3.63) is 46.6 Å². The summed E-state index contributed by atoms with van der Waals surface area (Å²) in [6.45, 7) is 0.716. The fourth-order valence-electron chi connectivity index (χ4n) is 1.64. The quantitative estimate of drug-likeness (QED) is 0.913.